The summed E-state index contributed by atoms with van der Waals surface area (Å²) in [5, 5.41) is 2.95. The molecule has 2 rings (SSSR count). The van der Waals surface area contributed by atoms with Crippen LogP contribution in [0.1, 0.15) is 36.8 Å². The van der Waals surface area contributed by atoms with Crippen molar-refractivity contribution < 1.29 is 9.53 Å². The van der Waals surface area contributed by atoms with E-state index in [1.165, 1.54) is 31.2 Å². The van der Waals surface area contributed by atoms with E-state index in [1.54, 1.807) is 0 Å². The van der Waals surface area contributed by atoms with Crippen LogP contribution >= 0.6 is 0 Å². The summed E-state index contributed by atoms with van der Waals surface area (Å²) in [6, 6.07) is 5.99. The molecule has 0 saturated carbocycles. The Kier molecular flexibility index (Phi) is 6.72. The van der Waals surface area contributed by atoms with Gasteiger partial charge >= 0.3 is 0 Å². The molecule has 1 aliphatic rings. The number of nitrogens with zero attached hydrogens (tertiary/aromatic N) is 1. The van der Waals surface area contributed by atoms with Crippen molar-refractivity contribution in [1.29, 1.82) is 0 Å². The first-order valence-corrected chi connectivity index (χ1v) is 8.34. The maximum atomic E-state index is 11.8. The van der Waals surface area contributed by atoms with E-state index in [0.29, 0.717) is 6.54 Å². The highest BCUT2D eigenvalue weighted by molar-refractivity contribution is 5.77. The Balaban J connectivity index is 1.65. The Bertz CT molecular complexity index is 480. The third-order valence-corrected chi connectivity index (χ3v) is 4.14. The van der Waals surface area contributed by atoms with Gasteiger partial charge in [-0.3, -0.25) is 4.79 Å². The topological polar surface area (TPSA) is 41.6 Å². The predicted molar refractivity (Wildman–Crippen MR) is 89.3 cm³/mol. The van der Waals surface area contributed by atoms with Gasteiger partial charge in [-0.2, -0.15) is 0 Å². The van der Waals surface area contributed by atoms with Gasteiger partial charge in [0.15, 0.2) is 6.61 Å². The summed E-state index contributed by atoms with van der Waals surface area (Å²) in [7, 11) is 0. The summed E-state index contributed by atoms with van der Waals surface area (Å²) in [6.07, 6.45) is 5.24. The average Bonchev–Trinajstić information content (AvgIpc) is 2.75. The van der Waals surface area contributed by atoms with Gasteiger partial charge in [0.2, 0.25) is 0 Å². The van der Waals surface area contributed by atoms with E-state index in [2.05, 4.69) is 16.3 Å². The molecule has 1 amide bonds. The minimum atomic E-state index is -0.0465. The quantitative estimate of drug-likeness (QED) is 0.878. The number of carbonyl (C=O) groups is 1. The lowest BCUT2D eigenvalue weighted by molar-refractivity contribution is -0.123. The van der Waals surface area contributed by atoms with E-state index in [4.69, 9.17) is 4.74 Å². The zero-order valence-electron chi connectivity index (χ0n) is 13.9. The van der Waals surface area contributed by atoms with Crippen molar-refractivity contribution in [3.05, 3.63) is 29.3 Å². The normalized spacial score (nSPS) is 16.1. The van der Waals surface area contributed by atoms with Gasteiger partial charge in [-0.05, 0) is 51.4 Å². The largest absolute Gasteiger partial charge is 0.484 e. The molecular weight excluding hydrogens is 276 g/mol. The highest BCUT2D eigenvalue weighted by atomic mass is 16.5. The zero-order chi connectivity index (χ0) is 15.8. The van der Waals surface area contributed by atoms with Crippen molar-refractivity contribution in [3.8, 4) is 5.75 Å². The number of aryl methyl sites for hydroxylation is 2. The highest BCUT2D eigenvalue weighted by Crippen LogP contribution is 2.18. The lowest BCUT2D eigenvalue weighted by Gasteiger charge is -2.19. The fraction of sp³-hybridized carbons (Fsp3) is 0.611. The number of benzene rings is 1. The highest BCUT2D eigenvalue weighted by Gasteiger charge is 2.09. The molecule has 0 bridgehead atoms. The number of likely N-dealkylation sites (tertiary alicyclic amines) is 1. The van der Waals surface area contributed by atoms with Crippen LogP contribution in [0.3, 0.4) is 0 Å². The molecule has 1 aliphatic heterocycles. The van der Waals surface area contributed by atoms with Crippen LogP contribution in [0.2, 0.25) is 0 Å². The molecule has 4 heteroatoms. The second kappa shape index (κ2) is 8.79. The van der Waals surface area contributed by atoms with Gasteiger partial charge in [0.05, 0.1) is 0 Å². The molecule has 0 unspecified atom stereocenters. The summed E-state index contributed by atoms with van der Waals surface area (Å²) in [6.45, 7) is 8.10. The van der Waals surface area contributed by atoms with Crippen molar-refractivity contribution in [1.82, 2.24) is 10.2 Å². The third kappa shape index (κ3) is 5.68. The third-order valence-electron chi connectivity index (χ3n) is 4.14. The number of ether oxygens (including phenoxy) is 1. The van der Waals surface area contributed by atoms with Gasteiger partial charge in [-0.25, -0.2) is 0 Å². The number of hydrogen-bond donors (Lipinski definition) is 1. The number of amides is 1. The van der Waals surface area contributed by atoms with Crippen LogP contribution in [0.4, 0.5) is 0 Å². The molecular formula is C18H28N2O2. The molecule has 0 radical (unpaired) electrons. The summed E-state index contributed by atoms with van der Waals surface area (Å²) in [5.74, 6) is 0.739. The Morgan fingerprint density at radius 2 is 1.91 bits per heavy atom. The maximum absolute atomic E-state index is 11.8. The molecule has 0 atom stereocenters. The Morgan fingerprint density at radius 1 is 1.18 bits per heavy atom. The van der Waals surface area contributed by atoms with Gasteiger partial charge in [0.25, 0.3) is 5.91 Å². The van der Waals surface area contributed by atoms with E-state index in [0.717, 1.165) is 30.9 Å². The van der Waals surface area contributed by atoms with Crippen LogP contribution in [0.25, 0.3) is 0 Å². The van der Waals surface area contributed by atoms with Crippen molar-refractivity contribution in [2.75, 3.05) is 32.8 Å². The standard InChI is InChI=1S/C18H28N2O2/c1-15-7-8-17(16(2)13-15)22-14-18(21)19-9-12-20-10-5-3-4-6-11-20/h7-8,13H,3-6,9-12,14H2,1-2H3,(H,19,21). The maximum Gasteiger partial charge on any atom is 0.257 e. The fourth-order valence-corrected chi connectivity index (χ4v) is 2.87. The minimum absolute atomic E-state index is 0.0465. The first kappa shape index (κ1) is 16.8. The molecule has 1 aromatic rings. The SMILES string of the molecule is Cc1ccc(OCC(=O)NCCN2CCCCCC2)c(C)c1. The van der Waals surface area contributed by atoms with Gasteiger partial charge < -0.3 is 15.0 Å². The lowest BCUT2D eigenvalue weighted by atomic mass is 10.1. The minimum Gasteiger partial charge on any atom is -0.484 e. The lowest BCUT2D eigenvalue weighted by Crippen LogP contribution is -2.37. The molecule has 1 N–H and O–H groups in total. The van der Waals surface area contributed by atoms with E-state index >= 15 is 0 Å². The van der Waals surface area contributed by atoms with E-state index in [1.807, 2.05) is 26.0 Å². The smallest absolute Gasteiger partial charge is 0.257 e. The van der Waals surface area contributed by atoms with Crippen molar-refractivity contribution in [3.63, 3.8) is 0 Å². The average molecular weight is 304 g/mol. The molecule has 0 aliphatic carbocycles. The fourth-order valence-electron chi connectivity index (χ4n) is 2.87. The van der Waals surface area contributed by atoms with E-state index in [-0.39, 0.29) is 12.5 Å². The zero-order valence-corrected chi connectivity index (χ0v) is 13.9. The van der Waals surface area contributed by atoms with E-state index in [9.17, 15) is 4.79 Å². The Hall–Kier alpha value is -1.55. The Labute approximate surface area is 133 Å². The van der Waals surface area contributed by atoms with Crippen molar-refractivity contribution in [2.45, 2.75) is 39.5 Å². The second-order valence-corrected chi connectivity index (χ2v) is 6.16. The molecule has 1 saturated heterocycles. The van der Waals surface area contributed by atoms with Gasteiger partial charge in [0.1, 0.15) is 5.75 Å². The Morgan fingerprint density at radius 3 is 2.59 bits per heavy atom. The molecule has 22 heavy (non-hydrogen) atoms. The first-order valence-electron chi connectivity index (χ1n) is 8.34. The van der Waals surface area contributed by atoms with E-state index < -0.39 is 0 Å². The van der Waals surface area contributed by atoms with Gasteiger partial charge in [-0.1, -0.05) is 30.5 Å². The monoisotopic (exact) mass is 304 g/mol. The van der Waals surface area contributed by atoms with Crippen LogP contribution in [0, 0.1) is 13.8 Å². The van der Waals surface area contributed by atoms with Crippen molar-refractivity contribution >= 4 is 5.91 Å². The molecule has 1 fully saturated rings. The molecule has 1 heterocycles. The van der Waals surface area contributed by atoms with Gasteiger partial charge in [0, 0.05) is 13.1 Å². The van der Waals surface area contributed by atoms with Crippen LogP contribution in [0.15, 0.2) is 18.2 Å². The van der Waals surface area contributed by atoms with Crippen LogP contribution < -0.4 is 10.1 Å². The second-order valence-electron chi connectivity index (χ2n) is 6.16. The van der Waals surface area contributed by atoms with Crippen LogP contribution in [-0.2, 0) is 4.79 Å². The van der Waals surface area contributed by atoms with Crippen molar-refractivity contribution in [2.24, 2.45) is 0 Å². The molecule has 1 aromatic carbocycles. The molecule has 4 nitrogen and oxygen atoms in total. The summed E-state index contributed by atoms with van der Waals surface area (Å²) >= 11 is 0. The number of hydrogen-bond acceptors (Lipinski definition) is 3. The number of nitrogens with one attached hydrogen (secondary N) is 1. The summed E-state index contributed by atoms with van der Waals surface area (Å²) in [4.78, 5) is 14.3. The number of carbonyl (C=O) groups excluding carboxylic acids is 1. The predicted octanol–water partition coefficient (Wildman–Crippen LogP) is 2.67. The molecule has 0 spiro atoms. The summed E-state index contributed by atoms with van der Waals surface area (Å²) < 4.78 is 5.59. The number of rotatable bonds is 6. The molecule has 122 valence electrons. The van der Waals surface area contributed by atoms with Crippen LogP contribution in [0.5, 0.6) is 5.75 Å². The first-order chi connectivity index (χ1) is 10.6. The summed E-state index contributed by atoms with van der Waals surface area (Å²) in [5.41, 5.74) is 2.27. The van der Waals surface area contributed by atoms with Gasteiger partial charge in [-0.15, -0.1) is 0 Å². The molecule has 0 aromatic heterocycles. The van der Waals surface area contributed by atoms with Crippen LogP contribution in [-0.4, -0.2) is 43.6 Å².